The van der Waals surface area contributed by atoms with Crippen molar-refractivity contribution < 1.29 is 4.79 Å². The predicted molar refractivity (Wildman–Crippen MR) is 29.9 cm³/mol. The summed E-state index contributed by atoms with van der Waals surface area (Å²) in [5, 5.41) is 0.477. The number of Topliss-reactive ketones (excluding diaryl/α,β-unsaturated/α-hetero) is 1. The van der Waals surface area contributed by atoms with Crippen LogP contribution in [-0.2, 0) is 0 Å². The van der Waals surface area contributed by atoms with Crippen LogP contribution < -0.4 is 0 Å². The Kier molecular flexibility index (Phi) is 1.34. The summed E-state index contributed by atoms with van der Waals surface area (Å²) in [6.07, 6.45) is 1.38. The molecular weight excluding hydrogens is 124 g/mol. The molecule has 1 aromatic rings. The molecule has 1 heterocycles. The molecule has 0 aliphatic rings. The van der Waals surface area contributed by atoms with Gasteiger partial charge in [-0.15, -0.1) is 0 Å². The molecule has 0 saturated carbocycles. The van der Waals surface area contributed by atoms with Gasteiger partial charge in [0, 0.05) is 6.92 Å². The molecule has 0 N–H and O–H groups in total. The minimum absolute atomic E-state index is 0.0208. The summed E-state index contributed by atoms with van der Waals surface area (Å²) < 4.78 is 3.65. The minimum atomic E-state index is -0.0208. The summed E-state index contributed by atoms with van der Waals surface area (Å²) in [4.78, 5) is 14.1. The smallest absolute Gasteiger partial charge is 0.189 e. The maximum Gasteiger partial charge on any atom is 0.189 e. The van der Waals surface area contributed by atoms with Crippen molar-refractivity contribution in [1.29, 1.82) is 0 Å². The molecule has 1 aromatic heterocycles. The molecule has 0 radical (unpaired) electrons. The van der Waals surface area contributed by atoms with E-state index < -0.39 is 0 Å². The molecule has 0 aliphatic carbocycles. The second-order valence-corrected chi connectivity index (χ2v) is 2.08. The molecule has 0 aliphatic heterocycles. The molecule has 0 unspecified atom stereocenters. The zero-order valence-corrected chi connectivity index (χ0v) is 5.10. The first-order valence-corrected chi connectivity index (χ1v) is 2.85. The van der Waals surface area contributed by atoms with Crippen LogP contribution in [0, 0.1) is 0 Å². The normalized spacial score (nSPS) is 9.12. The topological polar surface area (TPSA) is 42.9 Å². The molecule has 0 aromatic carbocycles. The Morgan fingerprint density at radius 3 is 2.88 bits per heavy atom. The van der Waals surface area contributed by atoms with E-state index in [1.807, 2.05) is 0 Å². The van der Waals surface area contributed by atoms with E-state index in [9.17, 15) is 4.79 Å². The molecule has 0 amide bonds. The van der Waals surface area contributed by atoms with Crippen LogP contribution in [0.5, 0.6) is 0 Å². The van der Waals surface area contributed by atoms with Gasteiger partial charge in [-0.2, -0.15) is 4.37 Å². The fourth-order valence-electron chi connectivity index (χ4n) is 0.328. The zero-order chi connectivity index (χ0) is 5.98. The van der Waals surface area contributed by atoms with E-state index in [0.717, 1.165) is 11.5 Å². The predicted octanol–water partition coefficient (Wildman–Crippen LogP) is 0.741. The SMILES string of the molecule is CC(=O)c1ncns1. The fraction of sp³-hybridized carbons (Fsp3) is 0.250. The minimum Gasteiger partial charge on any atom is -0.292 e. The van der Waals surface area contributed by atoms with Crippen molar-refractivity contribution >= 4 is 17.3 Å². The lowest BCUT2D eigenvalue weighted by Crippen LogP contribution is -1.87. The third kappa shape index (κ3) is 0.894. The van der Waals surface area contributed by atoms with Gasteiger partial charge in [0.1, 0.15) is 6.33 Å². The Balaban J connectivity index is 2.93. The van der Waals surface area contributed by atoms with Crippen LogP contribution in [0.2, 0.25) is 0 Å². The number of aromatic nitrogens is 2. The highest BCUT2D eigenvalue weighted by molar-refractivity contribution is 7.07. The first-order valence-electron chi connectivity index (χ1n) is 2.08. The van der Waals surface area contributed by atoms with E-state index in [2.05, 4.69) is 9.36 Å². The molecule has 42 valence electrons. The van der Waals surface area contributed by atoms with E-state index >= 15 is 0 Å². The van der Waals surface area contributed by atoms with Crippen LogP contribution in [0.1, 0.15) is 16.7 Å². The van der Waals surface area contributed by atoms with Crippen molar-refractivity contribution in [2.45, 2.75) is 6.92 Å². The van der Waals surface area contributed by atoms with Crippen molar-refractivity contribution in [3.05, 3.63) is 11.3 Å². The summed E-state index contributed by atoms with van der Waals surface area (Å²) in [5.41, 5.74) is 0. The zero-order valence-electron chi connectivity index (χ0n) is 4.29. The van der Waals surface area contributed by atoms with Gasteiger partial charge in [-0.25, -0.2) is 4.98 Å². The summed E-state index contributed by atoms with van der Waals surface area (Å²) in [6, 6.07) is 0. The van der Waals surface area contributed by atoms with Gasteiger partial charge in [-0.1, -0.05) is 0 Å². The Labute approximate surface area is 50.5 Å². The number of hydrogen-bond donors (Lipinski definition) is 0. The standard InChI is InChI=1S/C4H4N2OS/c1-3(7)4-5-2-6-8-4/h2H,1H3. The monoisotopic (exact) mass is 128 g/mol. The maximum absolute atomic E-state index is 10.4. The first kappa shape index (κ1) is 5.37. The lowest BCUT2D eigenvalue weighted by Gasteiger charge is -1.76. The van der Waals surface area contributed by atoms with Crippen LogP contribution in [0.25, 0.3) is 0 Å². The van der Waals surface area contributed by atoms with Crippen molar-refractivity contribution in [3.8, 4) is 0 Å². The van der Waals surface area contributed by atoms with Gasteiger partial charge in [0.2, 0.25) is 0 Å². The number of ketones is 1. The number of carbonyl (C=O) groups is 1. The lowest BCUT2D eigenvalue weighted by molar-refractivity contribution is 0.101. The van der Waals surface area contributed by atoms with Gasteiger partial charge in [-0.3, -0.25) is 4.79 Å². The van der Waals surface area contributed by atoms with Gasteiger partial charge < -0.3 is 0 Å². The molecule has 0 saturated heterocycles. The average molecular weight is 128 g/mol. The third-order valence-corrected chi connectivity index (χ3v) is 1.43. The summed E-state index contributed by atoms with van der Waals surface area (Å²) >= 11 is 1.12. The molecular formula is C4H4N2OS. The van der Waals surface area contributed by atoms with Crippen LogP contribution in [0.4, 0.5) is 0 Å². The fourth-order valence-corrected chi connectivity index (χ4v) is 0.745. The van der Waals surface area contributed by atoms with Gasteiger partial charge in [-0.05, 0) is 11.5 Å². The van der Waals surface area contributed by atoms with Gasteiger partial charge in [0.25, 0.3) is 0 Å². The number of hydrogen-bond acceptors (Lipinski definition) is 4. The molecule has 0 bridgehead atoms. The van der Waals surface area contributed by atoms with E-state index in [4.69, 9.17) is 0 Å². The average Bonchev–Trinajstić information content (AvgIpc) is 2.12. The largest absolute Gasteiger partial charge is 0.292 e. The van der Waals surface area contributed by atoms with Crippen molar-refractivity contribution in [2.75, 3.05) is 0 Å². The Morgan fingerprint density at radius 2 is 2.62 bits per heavy atom. The van der Waals surface area contributed by atoms with Crippen molar-refractivity contribution in [3.63, 3.8) is 0 Å². The number of carbonyl (C=O) groups excluding carboxylic acids is 1. The van der Waals surface area contributed by atoms with E-state index in [1.54, 1.807) is 0 Å². The molecule has 8 heavy (non-hydrogen) atoms. The molecule has 0 atom stereocenters. The highest BCUT2D eigenvalue weighted by Gasteiger charge is 1.99. The van der Waals surface area contributed by atoms with Crippen LogP contribution >= 0.6 is 11.5 Å². The number of rotatable bonds is 1. The summed E-state index contributed by atoms with van der Waals surface area (Å²) in [5.74, 6) is -0.0208. The van der Waals surface area contributed by atoms with E-state index in [1.165, 1.54) is 13.3 Å². The Hall–Kier alpha value is -0.770. The lowest BCUT2D eigenvalue weighted by atomic mass is 10.5. The Bertz CT molecular complexity index is 182. The molecule has 1 rings (SSSR count). The maximum atomic E-state index is 10.4. The van der Waals surface area contributed by atoms with Gasteiger partial charge >= 0.3 is 0 Å². The van der Waals surface area contributed by atoms with E-state index in [0.29, 0.717) is 5.01 Å². The van der Waals surface area contributed by atoms with Crippen molar-refractivity contribution in [1.82, 2.24) is 9.36 Å². The highest BCUT2D eigenvalue weighted by atomic mass is 32.1. The first-order chi connectivity index (χ1) is 3.80. The summed E-state index contributed by atoms with van der Waals surface area (Å²) in [7, 11) is 0. The quantitative estimate of drug-likeness (QED) is 0.524. The second kappa shape index (κ2) is 2.00. The van der Waals surface area contributed by atoms with Crippen molar-refractivity contribution in [2.24, 2.45) is 0 Å². The third-order valence-electron chi connectivity index (χ3n) is 0.662. The van der Waals surface area contributed by atoms with Crippen LogP contribution in [0.15, 0.2) is 6.33 Å². The van der Waals surface area contributed by atoms with E-state index in [-0.39, 0.29) is 5.78 Å². The van der Waals surface area contributed by atoms with Gasteiger partial charge in [0.15, 0.2) is 10.8 Å². The Morgan fingerprint density at radius 1 is 1.88 bits per heavy atom. The highest BCUT2D eigenvalue weighted by Crippen LogP contribution is 1.98. The molecule has 0 fully saturated rings. The number of nitrogens with zero attached hydrogens (tertiary/aromatic N) is 2. The van der Waals surface area contributed by atoms with Crippen LogP contribution in [0.3, 0.4) is 0 Å². The molecule has 4 heteroatoms. The molecule has 0 spiro atoms. The molecule has 3 nitrogen and oxygen atoms in total. The van der Waals surface area contributed by atoms with Crippen LogP contribution in [-0.4, -0.2) is 15.1 Å². The second-order valence-electron chi connectivity index (χ2n) is 1.30. The van der Waals surface area contributed by atoms with Gasteiger partial charge in [0.05, 0.1) is 0 Å². The summed E-state index contributed by atoms with van der Waals surface area (Å²) in [6.45, 7) is 1.47.